The smallest absolute Gasteiger partial charge is 0.175 e. The summed E-state index contributed by atoms with van der Waals surface area (Å²) in [4.78, 5) is 0.335. The van der Waals surface area contributed by atoms with Crippen LogP contribution in [0, 0.1) is 6.92 Å². The predicted octanol–water partition coefficient (Wildman–Crippen LogP) is 2.59. The predicted molar refractivity (Wildman–Crippen MR) is 82.5 cm³/mol. The average molecular weight is 290 g/mol. The highest BCUT2D eigenvalue weighted by atomic mass is 32.2. The van der Waals surface area contributed by atoms with Crippen molar-refractivity contribution < 1.29 is 8.42 Å². The van der Waals surface area contributed by atoms with Crippen LogP contribution in [0.2, 0.25) is 0 Å². The summed E-state index contributed by atoms with van der Waals surface area (Å²) in [6, 6.07) is 12.6. The van der Waals surface area contributed by atoms with Crippen molar-refractivity contribution >= 4 is 21.2 Å². The summed E-state index contributed by atoms with van der Waals surface area (Å²) in [5.74, 6) is 0. The second-order valence-electron chi connectivity index (χ2n) is 4.79. The quantitative estimate of drug-likeness (QED) is 0.849. The number of sulfone groups is 1. The first-order chi connectivity index (χ1) is 9.38. The van der Waals surface area contributed by atoms with E-state index in [1.54, 1.807) is 12.1 Å². The summed E-state index contributed by atoms with van der Waals surface area (Å²) < 4.78 is 22.8. The lowest BCUT2D eigenvalue weighted by molar-refractivity contribution is 0.602. The van der Waals surface area contributed by atoms with E-state index in [1.807, 2.05) is 37.3 Å². The molecule has 2 rings (SSSR count). The van der Waals surface area contributed by atoms with E-state index in [2.05, 4.69) is 5.32 Å². The molecule has 0 fully saturated rings. The summed E-state index contributed by atoms with van der Waals surface area (Å²) in [5.41, 5.74) is 9.61. The van der Waals surface area contributed by atoms with Crippen LogP contribution in [0.5, 0.6) is 0 Å². The Bertz CT molecular complexity index is 707. The van der Waals surface area contributed by atoms with Gasteiger partial charge in [0, 0.05) is 24.2 Å². The van der Waals surface area contributed by atoms with Crippen molar-refractivity contribution in [2.24, 2.45) is 0 Å². The largest absolute Gasteiger partial charge is 0.398 e. The molecular formula is C15H18N2O2S. The zero-order valence-electron chi connectivity index (χ0n) is 11.6. The summed E-state index contributed by atoms with van der Waals surface area (Å²) in [5, 5.41) is 3.30. The highest BCUT2D eigenvalue weighted by Gasteiger charge is 2.06. The Morgan fingerprint density at radius 3 is 2.35 bits per heavy atom. The fourth-order valence-corrected chi connectivity index (χ4v) is 2.53. The molecule has 2 aromatic rings. The van der Waals surface area contributed by atoms with Gasteiger partial charge in [-0.1, -0.05) is 18.2 Å². The average Bonchev–Trinajstić information content (AvgIpc) is 2.40. The van der Waals surface area contributed by atoms with Gasteiger partial charge in [0.1, 0.15) is 0 Å². The van der Waals surface area contributed by atoms with Crippen LogP contribution < -0.4 is 11.1 Å². The molecule has 0 aliphatic heterocycles. The molecule has 0 saturated heterocycles. The number of nitrogen functional groups attached to an aromatic ring is 1. The van der Waals surface area contributed by atoms with E-state index in [-0.39, 0.29) is 0 Å². The molecule has 0 atom stereocenters. The molecule has 0 aliphatic rings. The van der Waals surface area contributed by atoms with E-state index in [4.69, 9.17) is 5.73 Å². The molecule has 2 aromatic carbocycles. The number of hydrogen-bond donors (Lipinski definition) is 2. The van der Waals surface area contributed by atoms with Crippen LogP contribution >= 0.6 is 0 Å². The van der Waals surface area contributed by atoms with Crippen molar-refractivity contribution in [3.8, 4) is 0 Å². The van der Waals surface area contributed by atoms with E-state index >= 15 is 0 Å². The second kappa shape index (κ2) is 5.54. The van der Waals surface area contributed by atoms with Crippen LogP contribution in [0.4, 0.5) is 11.4 Å². The molecule has 0 aliphatic carbocycles. The van der Waals surface area contributed by atoms with Crippen molar-refractivity contribution in [3.05, 3.63) is 53.6 Å². The number of anilines is 2. The zero-order valence-corrected chi connectivity index (χ0v) is 12.4. The molecule has 0 heterocycles. The Hall–Kier alpha value is -2.01. The molecule has 20 heavy (non-hydrogen) atoms. The maximum Gasteiger partial charge on any atom is 0.175 e. The van der Waals surface area contributed by atoms with Crippen LogP contribution in [0.15, 0.2) is 47.4 Å². The summed E-state index contributed by atoms with van der Waals surface area (Å²) in [6.07, 6.45) is 1.20. The van der Waals surface area contributed by atoms with Crippen molar-refractivity contribution in [2.45, 2.75) is 18.4 Å². The van der Waals surface area contributed by atoms with Gasteiger partial charge in [-0.25, -0.2) is 8.42 Å². The number of nitrogens with two attached hydrogens (primary N) is 1. The fraction of sp³-hybridized carbons (Fsp3) is 0.200. The number of rotatable bonds is 4. The van der Waals surface area contributed by atoms with Crippen LogP contribution in [0.25, 0.3) is 0 Å². The van der Waals surface area contributed by atoms with E-state index in [0.717, 1.165) is 22.5 Å². The van der Waals surface area contributed by atoms with Crippen molar-refractivity contribution in [2.75, 3.05) is 17.3 Å². The first-order valence-corrected chi connectivity index (χ1v) is 8.15. The SMILES string of the molecule is Cc1c(N)cccc1NCc1ccc(S(C)(=O)=O)cc1. The minimum absolute atomic E-state index is 0.335. The fourth-order valence-electron chi connectivity index (χ4n) is 1.90. The van der Waals surface area contributed by atoms with Gasteiger partial charge >= 0.3 is 0 Å². The highest BCUT2D eigenvalue weighted by Crippen LogP contribution is 2.21. The maximum atomic E-state index is 11.4. The van der Waals surface area contributed by atoms with Gasteiger partial charge in [-0.05, 0) is 42.3 Å². The third kappa shape index (κ3) is 3.30. The van der Waals surface area contributed by atoms with Gasteiger partial charge in [0.2, 0.25) is 0 Å². The van der Waals surface area contributed by atoms with Gasteiger partial charge < -0.3 is 11.1 Å². The number of nitrogens with one attached hydrogen (secondary N) is 1. The molecular weight excluding hydrogens is 272 g/mol. The first kappa shape index (κ1) is 14.4. The van der Waals surface area contributed by atoms with E-state index in [9.17, 15) is 8.42 Å². The van der Waals surface area contributed by atoms with Crippen LogP contribution in [0.1, 0.15) is 11.1 Å². The van der Waals surface area contributed by atoms with Gasteiger partial charge in [-0.2, -0.15) is 0 Å². The van der Waals surface area contributed by atoms with Crippen LogP contribution in [0.3, 0.4) is 0 Å². The molecule has 0 bridgehead atoms. The zero-order chi connectivity index (χ0) is 14.8. The number of benzene rings is 2. The molecule has 4 nitrogen and oxygen atoms in total. The van der Waals surface area contributed by atoms with E-state index in [0.29, 0.717) is 11.4 Å². The van der Waals surface area contributed by atoms with Gasteiger partial charge in [0.25, 0.3) is 0 Å². The van der Waals surface area contributed by atoms with Gasteiger partial charge in [0.05, 0.1) is 4.90 Å². The molecule has 106 valence electrons. The summed E-state index contributed by atoms with van der Waals surface area (Å²) in [7, 11) is -3.14. The van der Waals surface area contributed by atoms with Crippen LogP contribution in [-0.2, 0) is 16.4 Å². The topological polar surface area (TPSA) is 72.2 Å². The molecule has 0 radical (unpaired) electrons. The van der Waals surface area contributed by atoms with Gasteiger partial charge in [-0.3, -0.25) is 0 Å². The summed E-state index contributed by atoms with van der Waals surface area (Å²) >= 11 is 0. The van der Waals surface area contributed by atoms with Gasteiger partial charge in [-0.15, -0.1) is 0 Å². The lowest BCUT2D eigenvalue weighted by Gasteiger charge is -2.11. The molecule has 0 aromatic heterocycles. The lowest BCUT2D eigenvalue weighted by Crippen LogP contribution is -2.03. The van der Waals surface area contributed by atoms with Crippen molar-refractivity contribution in [3.63, 3.8) is 0 Å². The molecule has 3 N–H and O–H groups in total. The minimum atomic E-state index is -3.14. The number of hydrogen-bond acceptors (Lipinski definition) is 4. The second-order valence-corrected chi connectivity index (χ2v) is 6.81. The maximum absolute atomic E-state index is 11.4. The van der Waals surface area contributed by atoms with Crippen molar-refractivity contribution in [1.82, 2.24) is 0 Å². The van der Waals surface area contributed by atoms with E-state index in [1.165, 1.54) is 6.26 Å². The Kier molecular flexibility index (Phi) is 3.99. The third-order valence-electron chi connectivity index (χ3n) is 3.21. The first-order valence-electron chi connectivity index (χ1n) is 6.26. The Morgan fingerprint density at radius 2 is 1.75 bits per heavy atom. The Labute approximate surface area is 119 Å². The Balaban J connectivity index is 2.10. The minimum Gasteiger partial charge on any atom is -0.398 e. The van der Waals surface area contributed by atoms with Gasteiger partial charge in [0.15, 0.2) is 9.84 Å². The van der Waals surface area contributed by atoms with Crippen LogP contribution in [-0.4, -0.2) is 14.7 Å². The molecule has 5 heteroatoms. The summed E-state index contributed by atoms with van der Waals surface area (Å²) in [6.45, 7) is 2.58. The molecule has 0 saturated carbocycles. The highest BCUT2D eigenvalue weighted by molar-refractivity contribution is 7.90. The molecule has 0 spiro atoms. The van der Waals surface area contributed by atoms with E-state index < -0.39 is 9.84 Å². The molecule has 0 unspecified atom stereocenters. The normalized spacial score (nSPS) is 11.3. The third-order valence-corrected chi connectivity index (χ3v) is 4.34. The Morgan fingerprint density at radius 1 is 1.10 bits per heavy atom. The standard InChI is InChI=1S/C15H18N2O2S/c1-11-14(16)4-3-5-15(11)17-10-12-6-8-13(9-7-12)20(2,18)19/h3-9,17H,10,16H2,1-2H3. The monoisotopic (exact) mass is 290 g/mol. The molecule has 0 amide bonds. The lowest BCUT2D eigenvalue weighted by atomic mass is 10.1. The van der Waals surface area contributed by atoms with Crippen molar-refractivity contribution in [1.29, 1.82) is 0 Å².